The molecule has 23 heavy (non-hydrogen) atoms. The second-order valence-corrected chi connectivity index (χ2v) is 5.37. The molecule has 3 rings (SSSR count). The quantitative estimate of drug-likeness (QED) is 0.640. The lowest BCUT2D eigenvalue weighted by Gasteiger charge is -2.22. The summed E-state index contributed by atoms with van der Waals surface area (Å²) in [5.41, 5.74) is 0.831. The molecule has 0 N–H and O–H groups in total. The van der Waals surface area contributed by atoms with Gasteiger partial charge in [-0.2, -0.15) is 5.10 Å². The molecule has 1 aliphatic heterocycles. The molecule has 1 aliphatic rings. The Labute approximate surface area is 138 Å². The Morgan fingerprint density at radius 3 is 2.43 bits per heavy atom. The second kappa shape index (κ2) is 6.62. The lowest BCUT2D eigenvalue weighted by atomic mass is 10.1. The molecule has 0 atom stereocenters. The lowest BCUT2D eigenvalue weighted by Crippen LogP contribution is -2.35. The first kappa shape index (κ1) is 15.2. The van der Waals surface area contributed by atoms with E-state index in [2.05, 4.69) is 5.10 Å². The van der Waals surface area contributed by atoms with Gasteiger partial charge in [0.15, 0.2) is 0 Å². The van der Waals surface area contributed by atoms with Crippen LogP contribution in [0.5, 0.6) is 5.75 Å². The van der Waals surface area contributed by atoms with Crippen LogP contribution < -0.4 is 9.75 Å². The minimum absolute atomic E-state index is 0.153. The Bertz CT molecular complexity index is 757. The van der Waals surface area contributed by atoms with Gasteiger partial charge in [0.2, 0.25) is 5.91 Å². The average Bonchev–Trinajstić information content (AvgIpc) is 2.58. The van der Waals surface area contributed by atoms with Crippen molar-refractivity contribution in [2.24, 2.45) is 5.10 Å². The largest absolute Gasteiger partial charge is 0.422 e. The van der Waals surface area contributed by atoms with Crippen LogP contribution in [-0.2, 0) is 9.59 Å². The number of hydrogen-bond acceptors (Lipinski definition) is 4. The number of hydrogen-bond donors (Lipinski definition) is 0. The molecule has 0 bridgehead atoms. The summed E-state index contributed by atoms with van der Waals surface area (Å²) in [5, 5.41) is 5.94. The number of ether oxygens (including phenoxy) is 1. The predicted molar refractivity (Wildman–Crippen MR) is 87.7 cm³/mol. The number of esters is 1. The van der Waals surface area contributed by atoms with E-state index < -0.39 is 5.97 Å². The highest BCUT2D eigenvalue weighted by molar-refractivity contribution is 6.38. The van der Waals surface area contributed by atoms with E-state index in [-0.39, 0.29) is 24.5 Å². The van der Waals surface area contributed by atoms with Gasteiger partial charge in [0.1, 0.15) is 11.5 Å². The van der Waals surface area contributed by atoms with Gasteiger partial charge in [0, 0.05) is 17.9 Å². The number of benzene rings is 2. The summed E-state index contributed by atoms with van der Waals surface area (Å²) in [6.07, 6.45) is 0.470. The maximum atomic E-state index is 12.2. The van der Waals surface area contributed by atoms with Crippen molar-refractivity contribution in [3.05, 3.63) is 59.6 Å². The van der Waals surface area contributed by atoms with Crippen LogP contribution in [0.3, 0.4) is 0 Å². The average molecular weight is 329 g/mol. The number of hydrazone groups is 1. The van der Waals surface area contributed by atoms with Gasteiger partial charge in [-0.1, -0.05) is 29.8 Å². The van der Waals surface area contributed by atoms with Crippen molar-refractivity contribution in [2.45, 2.75) is 12.8 Å². The number of carbonyl (C=O) groups excluding carboxylic acids is 2. The first-order chi connectivity index (χ1) is 11.1. The highest BCUT2D eigenvalue weighted by atomic mass is 35.5. The van der Waals surface area contributed by atoms with Crippen molar-refractivity contribution in [3.8, 4) is 5.75 Å². The molecule has 2 aromatic carbocycles. The molecular formula is C17H13ClN2O3. The molecule has 6 heteroatoms. The van der Waals surface area contributed by atoms with E-state index in [1.807, 2.05) is 6.07 Å². The van der Waals surface area contributed by atoms with Crippen molar-refractivity contribution >= 4 is 34.9 Å². The van der Waals surface area contributed by atoms with Crippen LogP contribution in [0.1, 0.15) is 12.8 Å². The van der Waals surface area contributed by atoms with Crippen LogP contribution in [0.2, 0.25) is 5.02 Å². The summed E-state index contributed by atoms with van der Waals surface area (Å²) in [5.74, 6) is -0.342. The number of halogens is 1. The normalized spacial score (nSPS) is 14.4. The number of carbonyl (C=O) groups is 2. The van der Waals surface area contributed by atoms with E-state index in [9.17, 15) is 9.59 Å². The molecule has 0 aromatic heterocycles. The van der Waals surface area contributed by atoms with Crippen LogP contribution in [0.4, 0.5) is 5.69 Å². The van der Waals surface area contributed by atoms with E-state index in [1.54, 1.807) is 48.5 Å². The van der Waals surface area contributed by atoms with Gasteiger partial charge < -0.3 is 4.74 Å². The number of nitrogens with zero attached hydrogens (tertiary/aromatic N) is 2. The number of amides is 1. The van der Waals surface area contributed by atoms with E-state index in [4.69, 9.17) is 16.3 Å². The highest BCUT2D eigenvalue weighted by Gasteiger charge is 2.26. The molecule has 0 unspecified atom stereocenters. The first-order valence-corrected chi connectivity index (χ1v) is 7.44. The summed E-state index contributed by atoms with van der Waals surface area (Å²) < 4.78 is 5.26. The third kappa shape index (κ3) is 3.57. The summed E-state index contributed by atoms with van der Waals surface area (Å²) >= 11 is 5.79. The molecule has 0 radical (unpaired) electrons. The Hall–Kier alpha value is -2.66. The summed E-state index contributed by atoms with van der Waals surface area (Å²) in [6, 6.07) is 15.4. The van der Waals surface area contributed by atoms with Crippen LogP contribution in [0.25, 0.3) is 0 Å². The second-order valence-electron chi connectivity index (χ2n) is 4.93. The van der Waals surface area contributed by atoms with Crippen molar-refractivity contribution < 1.29 is 14.3 Å². The van der Waals surface area contributed by atoms with Gasteiger partial charge in [-0.15, -0.1) is 0 Å². The van der Waals surface area contributed by atoms with Crippen molar-refractivity contribution in [1.29, 1.82) is 0 Å². The fraction of sp³-hybridized carbons (Fsp3) is 0.118. The van der Waals surface area contributed by atoms with Crippen molar-refractivity contribution in [2.75, 3.05) is 5.01 Å². The SMILES string of the molecule is O=C(Oc1ccc(Cl)cc1)C1=NN(c2ccccc2)C(=O)CC1. The van der Waals surface area contributed by atoms with E-state index >= 15 is 0 Å². The van der Waals surface area contributed by atoms with Gasteiger partial charge >= 0.3 is 5.97 Å². The number of para-hydroxylation sites is 1. The molecule has 5 nitrogen and oxygen atoms in total. The minimum atomic E-state index is -0.569. The smallest absolute Gasteiger partial charge is 0.359 e. The first-order valence-electron chi connectivity index (χ1n) is 7.07. The maximum Gasteiger partial charge on any atom is 0.359 e. The predicted octanol–water partition coefficient (Wildman–Crippen LogP) is 3.43. The zero-order valence-corrected chi connectivity index (χ0v) is 12.9. The molecule has 0 saturated heterocycles. The van der Waals surface area contributed by atoms with E-state index in [1.165, 1.54) is 5.01 Å². The van der Waals surface area contributed by atoms with Crippen LogP contribution >= 0.6 is 11.6 Å². The molecule has 0 aliphatic carbocycles. The van der Waals surface area contributed by atoms with Gasteiger partial charge in [-0.05, 0) is 36.4 Å². The summed E-state index contributed by atoms with van der Waals surface area (Å²) in [7, 11) is 0. The van der Waals surface area contributed by atoms with Crippen molar-refractivity contribution in [3.63, 3.8) is 0 Å². The monoisotopic (exact) mass is 328 g/mol. The Balaban J connectivity index is 1.80. The van der Waals surface area contributed by atoms with Crippen LogP contribution in [-0.4, -0.2) is 17.6 Å². The van der Waals surface area contributed by atoms with Gasteiger partial charge in [-0.25, -0.2) is 9.80 Å². The molecule has 0 saturated carbocycles. The molecule has 0 fully saturated rings. The number of rotatable bonds is 3. The zero-order valence-electron chi connectivity index (χ0n) is 12.1. The fourth-order valence-corrected chi connectivity index (χ4v) is 2.27. The highest BCUT2D eigenvalue weighted by Crippen LogP contribution is 2.21. The third-order valence-electron chi connectivity index (χ3n) is 3.29. The van der Waals surface area contributed by atoms with Gasteiger partial charge in [0.25, 0.3) is 0 Å². The fourth-order valence-electron chi connectivity index (χ4n) is 2.14. The van der Waals surface area contributed by atoms with Crippen LogP contribution in [0, 0.1) is 0 Å². The summed E-state index contributed by atoms with van der Waals surface area (Å²) in [4.78, 5) is 24.2. The maximum absolute atomic E-state index is 12.2. The molecule has 1 heterocycles. The van der Waals surface area contributed by atoms with E-state index in [0.29, 0.717) is 16.5 Å². The molecule has 0 spiro atoms. The van der Waals surface area contributed by atoms with E-state index in [0.717, 1.165) is 0 Å². The molecule has 116 valence electrons. The number of anilines is 1. The minimum Gasteiger partial charge on any atom is -0.422 e. The van der Waals surface area contributed by atoms with Gasteiger partial charge in [0.05, 0.1) is 5.69 Å². The summed E-state index contributed by atoms with van der Waals surface area (Å²) in [6.45, 7) is 0. The molecular weight excluding hydrogens is 316 g/mol. The third-order valence-corrected chi connectivity index (χ3v) is 3.55. The molecule has 2 aromatic rings. The standard InChI is InChI=1S/C17H13ClN2O3/c18-12-6-8-14(9-7-12)23-17(22)15-10-11-16(21)20(19-15)13-4-2-1-3-5-13/h1-9H,10-11H2. The lowest BCUT2D eigenvalue weighted by molar-refractivity contribution is -0.127. The molecule has 1 amide bonds. The van der Waals surface area contributed by atoms with Crippen LogP contribution in [0.15, 0.2) is 59.7 Å². The van der Waals surface area contributed by atoms with Gasteiger partial charge in [-0.3, -0.25) is 4.79 Å². The Morgan fingerprint density at radius 2 is 1.74 bits per heavy atom. The Kier molecular flexibility index (Phi) is 4.39. The topological polar surface area (TPSA) is 59.0 Å². The Morgan fingerprint density at radius 1 is 1.04 bits per heavy atom. The zero-order chi connectivity index (χ0) is 16.2. The van der Waals surface area contributed by atoms with Crippen molar-refractivity contribution in [1.82, 2.24) is 0 Å².